The van der Waals surface area contributed by atoms with E-state index in [1.165, 1.54) is 11.0 Å². The Kier molecular flexibility index (Phi) is 7.73. The highest BCUT2D eigenvalue weighted by Gasteiger charge is 2.58. The van der Waals surface area contributed by atoms with Gasteiger partial charge in [-0.05, 0) is 69.7 Å². The number of aliphatic hydroxyl groups is 1. The molecule has 1 N–H and O–H groups in total. The molecule has 5 rings (SSSR count). The van der Waals surface area contributed by atoms with Crippen molar-refractivity contribution in [1.29, 1.82) is 0 Å². The molecule has 1 unspecified atom stereocenters. The normalized spacial score (nSPS) is 22.4. The molecular weight excluding hydrogens is 500 g/mol. The van der Waals surface area contributed by atoms with Gasteiger partial charge in [0.25, 0.3) is 5.91 Å². The summed E-state index contributed by atoms with van der Waals surface area (Å²) >= 11 is 0. The lowest BCUT2D eigenvalue weighted by Crippen LogP contribution is -2.53. The molecule has 1 atom stereocenters. The van der Waals surface area contributed by atoms with E-state index in [0.29, 0.717) is 61.8 Å². The van der Waals surface area contributed by atoms with Gasteiger partial charge in [0.2, 0.25) is 0 Å². The number of aromatic nitrogens is 2. The lowest BCUT2D eigenvalue weighted by atomic mass is 9.67. The van der Waals surface area contributed by atoms with E-state index >= 15 is 0 Å². The lowest BCUT2D eigenvalue weighted by Gasteiger charge is -2.47. The number of amides is 1. The topological polar surface area (TPSA) is 69.6 Å². The number of alkyl halides is 3. The van der Waals surface area contributed by atoms with Crippen LogP contribution in [0.5, 0.6) is 0 Å². The number of halogens is 4. The summed E-state index contributed by atoms with van der Waals surface area (Å²) in [6.07, 6.45) is 3.47. The zero-order chi connectivity index (χ0) is 26.9. The van der Waals surface area contributed by atoms with Crippen molar-refractivity contribution in [2.24, 2.45) is 11.3 Å². The Hall–Kier alpha value is -2.59. The third-order valence-corrected chi connectivity index (χ3v) is 8.60. The van der Waals surface area contributed by atoms with Crippen LogP contribution in [0.4, 0.5) is 17.6 Å². The Morgan fingerprint density at radius 3 is 2.34 bits per heavy atom. The SMILES string of the molecule is O=C(c1ccc(-c2cnc(CCC3CCN(CC4(C(F)(F)F)CCC4)CC3)nc2)c(F)c1)N1CCC(O)C1. The number of aryl methyl sites for hydroxylation is 1. The van der Waals surface area contributed by atoms with E-state index in [-0.39, 0.29) is 37.4 Å². The van der Waals surface area contributed by atoms with Crippen LogP contribution in [0.15, 0.2) is 30.6 Å². The van der Waals surface area contributed by atoms with Gasteiger partial charge in [-0.2, -0.15) is 13.2 Å². The molecule has 1 saturated carbocycles. The largest absolute Gasteiger partial charge is 0.395 e. The van der Waals surface area contributed by atoms with Crippen molar-refractivity contribution in [1.82, 2.24) is 19.8 Å². The summed E-state index contributed by atoms with van der Waals surface area (Å²) in [6.45, 7) is 2.23. The Labute approximate surface area is 220 Å². The van der Waals surface area contributed by atoms with Crippen molar-refractivity contribution in [3.05, 3.63) is 47.8 Å². The van der Waals surface area contributed by atoms with E-state index < -0.39 is 23.5 Å². The van der Waals surface area contributed by atoms with E-state index in [0.717, 1.165) is 19.3 Å². The first kappa shape index (κ1) is 27.0. The second-order valence-electron chi connectivity index (χ2n) is 11.2. The molecule has 3 heterocycles. The van der Waals surface area contributed by atoms with Crippen LogP contribution >= 0.6 is 0 Å². The van der Waals surface area contributed by atoms with Crippen LogP contribution < -0.4 is 0 Å². The van der Waals surface area contributed by atoms with Gasteiger partial charge in [0.15, 0.2) is 0 Å². The maximum atomic E-state index is 14.8. The first-order valence-corrected chi connectivity index (χ1v) is 13.5. The van der Waals surface area contributed by atoms with Gasteiger partial charge in [-0.3, -0.25) is 4.79 Å². The zero-order valence-corrected chi connectivity index (χ0v) is 21.4. The van der Waals surface area contributed by atoms with Crippen molar-refractivity contribution in [3.63, 3.8) is 0 Å². The number of carbonyl (C=O) groups excluding carboxylic acids is 1. The highest BCUT2D eigenvalue weighted by atomic mass is 19.4. The number of likely N-dealkylation sites (tertiary alicyclic amines) is 2. The van der Waals surface area contributed by atoms with Gasteiger partial charge in [0.1, 0.15) is 11.6 Å². The Morgan fingerprint density at radius 2 is 1.79 bits per heavy atom. The van der Waals surface area contributed by atoms with Crippen molar-refractivity contribution in [2.75, 3.05) is 32.7 Å². The van der Waals surface area contributed by atoms with Crippen molar-refractivity contribution < 1.29 is 27.5 Å². The molecule has 1 aromatic heterocycles. The Morgan fingerprint density at radius 1 is 1.08 bits per heavy atom. The molecule has 2 aromatic rings. The van der Waals surface area contributed by atoms with Crippen LogP contribution in [0.25, 0.3) is 11.1 Å². The molecule has 206 valence electrons. The van der Waals surface area contributed by atoms with Crippen LogP contribution in [-0.4, -0.2) is 75.8 Å². The monoisotopic (exact) mass is 534 g/mol. The average Bonchev–Trinajstić information content (AvgIpc) is 3.31. The van der Waals surface area contributed by atoms with Crippen LogP contribution in [-0.2, 0) is 6.42 Å². The summed E-state index contributed by atoms with van der Waals surface area (Å²) in [7, 11) is 0. The molecule has 2 aliphatic heterocycles. The number of aliphatic hydroxyl groups excluding tert-OH is 1. The molecule has 0 radical (unpaired) electrons. The van der Waals surface area contributed by atoms with Crippen LogP contribution in [0.3, 0.4) is 0 Å². The number of nitrogens with zero attached hydrogens (tertiary/aromatic N) is 4. The van der Waals surface area contributed by atoms with Gasteiger partial charge in [0, 0.05) is 55.1 Å². The van der Waals surface area contributed by atoms with Crippen LogP contribution in [0.1, 0.15) is 61.1 Å². The van der Waals surface area contributed by atoms with E-state index in [1.54, 1.807) is 24.5 Å². The molecule has 2 saturated heterocycles. The fourth-order valence-electron chi connectivity index (χ4n) is 5.94. The molecular formula is C28H34F4N4O2. The maximum absolute atomic E-state index is 14.8. The fraction of sp³-hybridized carbons (Fsp3) is 0.607. The zero-order valence-electron chi connectivity index (χ0n) is 21.4. The highest BCUT2D eigenvalue weighted by molar-refractivity contribution is 5.95. The number of carbonyl (C=O) groups is 1. The van der Waals surface area contributed by atoms with E-state index in [4.69, 9.17) is 0 Å². The number of piperidine rings is 1. The molecule has 1 amide bonds. The first-order chi connectivity index (χ1) is 18.1. The molecule has 1 aliphatic carbocycles. The second-order valence-corrected chi connectivity index (χ2v) is 11.2. The maximum Gasteiger partial charge on any atom is 0.395 e. The molecule has 38 heavy (non-hydrogen) atoms. The smallest absolute Gasteiger partial charge is 0.391 e. The summed E-state index contributed by atoms with van der Waals surface area (Å²) in [5.41, 5.74) is -0.428. The summed E-state index contributed by atoms with van der Waals surface area (Å²) < 4.78 is 55.3. The van der Waals surface area contributed by atoms with E-state index in [2.05, 4.69) is 9.97 Å². The molecule has 3 fully saturated rings. The van der Waals surface area contributed by atoms with E-state index in [1.807, 2.05) is 4.90 Å². The van der Waals surface area contributed by atoms with Gasteiger partial charge in [-0.1, -0.05) is 12.5 Å². The third kappa shape index (κ3) is 5.71. The van der Waals surface area contributed by atoms with Crippen molar-refractivity contribution in [3.8, 4) is 11.1 Å². The molecule has 6 nitrogen and oxygen atoms in total. The van der Waals surface area contributed by atoms with Gasteiger partial charge in [-0.15, -0.1) is 0 Å². The molecule has 1 aromatic carbocycles. The standard InChI is InChI=1S/C28H34F4N4O2/c29-24-14-20(26(38)36-13-8-22(37)17-36)3-4-23(24)21-15-33-25(34-16-21)5-2-19-6-11-35(12-7-19)18-27(9-1-10-27)28(30,31)32/h3-4,14-16,19,22,37H,1-2,5-13,17-18H2. The second kappa shape index (κ2) is 10.9. The summed E-state index contributed by atoms with van der Waals surface area (Å²) in [5, 5.41) is 9.64. The minimum Gasteiger partial charge on any atom is -0.391 e. The molecule has 0 bridgehead atoms. The number of hydrogen-bond acceptors (Lipinski definition) is 5. The summed E-state index contributed by atoms with van der Waals surface area (Å²) in [5.74, 6) is 0.249. The lowest BCUT2D eigenvalue weighted by molar-refractivity contribution is -0.256. The molecule has 3 aliphatic rings. The van der Waals surface area contributed by atoms with Gasteiger partial charge in [0.05, 0.1) is 11.5 Å². The Balaban J connectivity index is 1.11. The first-order valence-electron chi connectivity index (χ1n) is 13.5. The minimum absolute atomic E-state index is 0.126. The molecule has 10 heteroatoms. The number of benzene rings is 1. The van der Waals surface area contributed by atoms with Gasteiger partial charge in [-0.25, -0.2) is 14.4 Å². The van der Waals surface area contributed by atoms with Gasteiger partial charge >= 0.3 is 6.18 Å². The fourth-order valence-corrected chi connectivity index (χ4v) is 5.94. The minimum atomic E-state index is -4.12. The number of rotatable bonds is 7. The average molecular weight is 535 g/mol. The number of hydrogen-bond donors (Lipinski definition) is 1. The highest BCUT2D eigenvalue weighted by Crippen LogP contribution is 2.53. The summed E-state index contributed by atoms with van der Waals surface area (Å²) in [4.78, 5) is 24.9. The third-order valence-electron chi connectivity index (χ3n) is 8.60. The van der Waals surface area contributed by atoms with Gasteiger partial charge < -0.3 is 14.9 Å². The molecule has 0 spiro atoms. The van der Waals surface area contributed by atoms with E-state index in [9.17, 15) is 27.5 Å². The van der Waals surface area contributed by atoms with Crippen molar-refractivity contribution >= 4 is 5.91 Å². The quantitative estimate of drug-likeness (QED) is 0.514. The van der Waals surface area contributed by atoms with Crippen LogP contribution in [0.2, 0.25) is 0 Å². The summed E-state index contributed by atoms with van der Waals surface area (Å²) in [6, 6.07) is 4.34. The predicted molar refractivity (Wildman–Crippen MR) is 134 cm³/mol. The van der Waals surface area contributed by atoms with Crippen LogP contribution in [0, 0.1) is 17.2 Å². The number of β-amino-alcohol motifs (C(OH)–C–C–N with tert-alkyl or cyclic N) is 1. The predicted octanol–water partition coefficient (Wildman–Crippen LogP) is 4.87. The Bertz CT molecular complexity index is 1130. The van der Waals surface area contributed by atoms with Crippen molar-refractivity contribution in [2.45, 2.75) is 63.6 Å².